The SMILES string of the molecule is CCCC(C)OC(=O)Oc1ccc(CC(N)(C[C@H](C)OC(=O)OCCC(C)C)C(=O)O)cc1OC(=O)OC(C)CCC. The number of aliphatic carboxylic acids is 1. The monoisotopic (exact) mass is 597 g/mol. The Morgan fingerprint density at radius 1 is 0.786 bits per heavy atom. The minimum atomic E-state index is -1.87. The first kappa shape index (κ1) is 36.5. The molecule has 3 unspecified atom stereocenters. The average molecular weight is 598 g/mol. The van der Waals surface area contributed by atoms with Crippen LogP contribution < -0.4 is 15.2 Å². The van der Waals surface area contributed by atoms with Crippen molar-refractivity contribution in [3.05, 3.63) is 23.8 Å². The number of hydrogen-bond donors (Lipinski definition) is 2. The molecule has 0 aliphatic carbocycles. The van der Waals surface area contributed by atoms with E-state index in [1.54, 1.807) is 13.8 Å². The molecule has 12 heteroatoms. The summed E-state index contributed by atoms with van der Waals surface area (Å²) in [6.45, 7) is 13.0. The molecule has 0 aliphatic rings. The van der Waals surface area contributed by atoms with E-state index in [4.69, 9.17) is 34.2 Å². The molecule has 1 aromatic rings. The summed E-state index contributed by atoms with van der Waals surface area (Å²) in [6, 6.07) is 4.15. The summed E-state index contributed by atoms with van der Waals surface area (Å²) in [5, 5.41) is 9.96. The lowest BCUT2D eigenvalue weighted by Crippen LogP contribution is -2.52. The Bertz CT molecular complexity index is 1030. The van der Waals surface area contributed by atoms with Gasteiger partial charge in [-0.3, -0.25) is 4.79 Å². The fourth-order valence-electron chi connectivity index (χ4n) is 4.04. The van der Waals surface area contributed by atoms with Crippen LogP contribution in [0.3, 0.4) is 0 Å². The highest BCUT2D eigenvalue weighted by atomic mass is 16.8. The summed E-state index contributed by atoms with van der Waals surface area (Å²) >= 11 is 0. The zero-order valence-corrected chi connectivity index (χ0v) is 25.8. The summed E-state index contributed by atoms with van der Waals surface area (Å²) in [5.74, 6) is -1.32. The molecular formula is C30H47NO11. The molecule has 0 aliphatic heterocycles. The standard InChI is InChI=1S/C30H47NO11/c1-8-10-20(5)38-28(35)41-24-13-12-23(16-25(24)42-29(36)39-21(6)11-9-2)18-30(31,26(32)33)17-22(7)40-27(34)37-15-14-19(3)4/h12-13,16,19-22H,8-11,14-15,17-18,31H2,1-7H3,(H,32,33)/t20?,21?,22-,30?/m0/s1. The molecule has 238 valence electrons. The van der Waals surface area contributed by atoms with Crippen LogP contribution in [0.2, 0.25) is 0 Å². The number of carbonyl (C=O) groups excluding carboxylic acids is 3. The summed E-state index contributed by atoms with van der Waals surface area (Å²) in [7, 11) is 0. The van der Waals surface area contributed by atoms with E-state index in [0.29, 0.717) is 30.7 Å². The number of hydrogen-bond acceptors (Lipinski definition) is 11. The van der Waals surface area contributed by atoms with Gasteiger partial charge in [0.2, 0.25) is 0 Å². The highest BCUT2D eigenvalue weighted by Crippen LogP contribution is 2.32. The second-order valence-electron chi connectivity index (χ2n) is 11.0. The van der Waals surface area contributed by atoms with Crippen molar-refractivity contribution in [1.82, 2.24) is 0 Å². The van der Waals surface area contributed by atoms with Crippen LogP contribution in [0, 0.1) is 5.92 Å². The Morgan fingerprint density at radius 2 is 1.31 bits per heavy atom. The van der Waals surface area contributed by atoms with E-state index >= 15 is 0 Å². The Balaban J connectivity index is 3.13. The Morgan fingerprint density at radius 3 is 1.81 bits per heavy atom. The fraction of sp³-hybridized carbons (Fsp3) is 0.667. The lowest BCUT2D eigenvalue weighted by molar-refractivity contribution is -0.144. The van der Waals surface area contributed by atoms with Crippen molar-refractivity contribution in [3.63, 3.8) is 0 Å². The number of carboxylic acid groups (broad SMARTS) is 1. The normalized spacial score (nSPS) is 14.6. The molecule has 0 radical (unpaired) electrons. The van der Waals surface area contributed by atoms with Gasteiger partial charge in [-0.25, -0.2) is 14.4 Å². The first-order valence-corrected chi connectivity index (χ1v) is 14.4. The third kappa shape index (κ3) is 13.9. The van der Waals surface area contributed by atoms with Crippen LogP contribution in [0.5, 0.6) is 11.5 Å². The Hall–Kier alpha value is -3.54. The quantitative estimate of drug-likeness (QED) is 0.115. The maximum atomic E-state index is 12.5. The van der Waals surface area contributed by atoms with Crippen LogP contribution in [-0.2, 0) is 30.2 Å². The van der Waals surface area contributed by atoms with E-state index in [0.717, 1.165) is 12.8 Å². The second kappa shape index (κ2) is 18.1. The van der Waals surface area contributed by atoms with Gasteiger partial charge in [-0.15, -0.1) is 0 Å². The van der Waals surface area contributed by atoms with Gasteiger partial charge in [0.15, 0.2) is 11.5 Å². The fourth-order valence-corrected chi connectivity index (χ4v) is 4.04. The molecule has 0 amide bonds. The number of benzene rings is 1. The third-order valence-electron chi connectivity index (χ3n) is 6.19. The van der Waals surface area contributed by atoms with Crippen molar-refractivity contribution in [2.24, 2.45) is 11.7 Å². The molecule has 3 N–H and O–H groups in total. The molecule has 0 saturated heterocycles. The average Bonchev–Trinajstić information content (AvgIpc) is 2.85. The number of ether oxygens (including phenoxy) is 6. The van der Waals surface area contributed by atoms with Crippen molar-refractivity contribution in [3.8, 4) is 11.5 Å². The molecule has 1 aromatic carbocycles. The van der Waals surface area contributed by atoms with Gasteiger partial charge in [-0.05, 0) is 63.6 Å². The van der Waals surface area contributed by atoms with Gasteiger partial charge >= 0.3 is 24.4 Å². The minimum Gasteiger partial charge on any atom is -0.480 e. The van der Waals surface area contributed by atoms with Gasteiger partial charge in [-0.1, -0.05) is 46.6 Å². The smallest absolute Gasteiger partial charge is 0.480 e. The maximum absolute atomic E-state index is 12.5. The van der Waals surface area contributed by atoms with Crippen LogP contribution >= 0.6 is 0 Å². The summed E-state index contributed by atoms with van der Waals surface area (Å²) < 4.78 is 31.3. The summed E-state index contributed by atoms with van der Waals surface area (Å²) in [4.78, 5) is 49.0. The van der Waals surface area contributed by atoms with Gasteiger partial charge in [0, 0.05) is 12.8 Å². The van der Waals surface area contributed by atoms with Crippen LogP contribution in [-0.4, -0.2) is 60.0 Å². The predicted octanol–water partition coefficient (Wildman–Crippen LogP) is 6.40. The molecule has 42 heavy (non-hydrogen) atoms. The topological polar surface area (TPSA) is 170 Å². The largest absolute Gasteiger partial charge is 0.514 e. The van der Waals surface area contributed by atoms with Crippen LogP contribution in [0.1, 0.15) is 92.6 Å². The van der Waals surface area contributed by atoms with Crippen LogP contribution in [0.4, 0.5) is 14.4 Å². The van der Waals surface area contributed by atoms with E-state index < -0.39 is 48.3 Å². The van der Waals surface area contributed by atoms with E-state index in [1.807, 2.05) is 27.7 Å². The van der Waals surface area contributed by atoms with Crippen molar-refractivity contribution in [2.75, 3.05) is 6.61 Å². The van der Waals surface area contributed by atoms with Gasteiger partial charge < -0.3 is 39.3 Å². The molecule has 1 rings (SSSR count). The molecule has 0 bridgehead atoms. The second-order valence-corrected chi connectivity index (χ2v) is 11.0. The van der Waals surface area contributed by atoms with Crippen molar-refractivity contribution >= 4 is 24.4 Å². The first-order chi connectivity index (χ1) is 19.7. The van der Waals surface area contributed by atoms with E-state index in [1.165, 1.54) is 25.1 Å². The Labute approximate surface area is 248 Å². The van der Waals surface area contributed by atoms with Gasteiger partial charge in [0.05, 0.1) is 6.61 Å². The van der Waals surface area contributed by atoms with Gasteiger partial charge in [0.25, 0.3) is 0 Å². The summed E-state index contributed by atoms with van der Waals surface area (Å²) in [5.41, 5.74) is 4.74. The number of rotatable bonds is 17. The van der Waals surface area contributed by atoms with E-state index in [2.05, 4.69) is 0 Å². The number of nitrogens with two attached hydrogens (primary N) is 1. The van der Waals surface area contributed by atoms with Crippen LogP contribution in [0.25, 0.3) is 0 Å². The third-order valence-corrected chi connectivity index (χ3v) is 6.19. The van der Waals surface area contributed by atoms with Gasteiger partial charge in [0.1, 0.15) is 23.9 Å². The molecule has 0 fully saturated rings. The Kier molecular flexibility index (Phi) is 15.7. The maximum Gasteiger partial charge on any atom is 0.514 e. The van der Waals surface area contributed by atoms with Crippen molar-refractivity contribution in [1.29, 1.82) is 0 Å². The lowest BCUT2D eigenvalue weighted by atomic mass is 9.86. The highest BCUT2D eigenvalue weighted by Gasteiger charge is 2.37. The summed E-state index contributed by atoms with van der Waals surface area (Å²) in [6.07, 6.45) is -1.63. The molecule has 0 heterocycles. The lowest BCUT2D eigenvalue weighted by Gasteiger charge is -2.28. The minimum absolute atomic E-state index is 0.133. The molecule has 4 atom stereocenters. The molecule has 0 spiro atoms. The predicted molar refractivity (Wildman–Crippen MR) is 154 cm³/mol. The van der Waals surface area contributed by atoms with Crippen LogP contribution in [0.15, 0.2) is 18.2 Å². The molecule has 0 saturated carbocycles. The van der Waals surface area contributed by atoms with Crippen molar-refractivity contribution in [2.45, 2.75) is 117 Å². The van der Waals surface area contributed by atoms with Crippen molar-refractivity contribution < 1.29 is 52.7 Å². The zero-order valence-electron chi connectivity index (χ0n) is 25.8. The van der Waals surface area contributed by atoms with E-state index in [9.17, 15) is 24.3 Å². The zero-order chi connectivity index (χ0) is 31.9. The molecule has 12 nitrogen and oxygen atoms in total. The molecular weight excluding hydrogens is 550 g/mol. The number of carboxylic acids is 1. The van der Waals surface area contributed by atoms with E-state index in [-0.39, 0.29) is 30.9 Å². The van der Waals surface area contributed by atoms with Gasteiger partial charge in [-0.2, -0.15) is 0 Å². The molecule has 0 aromatic heterocycles. The highest BCUT2D eigenvalue weighted by molar-refractivity contribution is 5.79. The first-order valence-electron chi connectivity index (χ1n) is 14.4. The number of carbonyl (C=O) groups is 4.